The minimum atomic E-state index is -1.53. The molecule has 0 aliphatic carbocycles. The summed E-state index contributed by atoms with van der Waals surface area (Å²) in [7, 11) is 197. The Morgan fingerprint density at radius 3 is 0.345 bits per heavy atom. The van der Waals surface area contributed by atoms with E-state index in [0.717, 1.165) is 0 Å². The predicted molar refractivity (Wildman–Crippen MR) is 334 cm³/mol. The molecule has 0 fully saturated rings. The van der Waals surface area contributed by atoms with Gasteiger partial charge in [0.1, 0.15) is 0 Å². The van der Waals surface area contributed by atoms with Gasteiger partial charge < -0.3 is 21.9 Å². The van der Waals surface area contributed by atoms with Crippen LogP contribution >= 0.6 is 0 Å². The highest BCUT2D eigenvalue weighted by Gasteiger charge is 2.61. The minimum Gasteiger partial charge on any atom is -0.729 e. The van der Waals surface area contributed by atoms with Crippen LogP contribution in [0, 0.1) is 0 Å². The molecule has 0 saturated heterocycles. The number of rotatable bonds is 27. The smallest absolute Gasteiger partial charge is 0.000000000000000141 e. The highest BCUT2D eigenvalue weighted by Crippen LogP contribution is 2.24. The highest BCUT2D eigenvalue weighted by molar-refractivity contribution is 8.37. The first-order chi connectivity index (χ1) is 26.3. The zero-order valence-electron chi connectivity index (χ0n) is 33.5. The molecule has 0 nitrogen and oxygen atoms in total. The lowest BCUT2D eigenvalue weighted by atomic mass is 8.23. The monoisotopic (exact) mass is 639 g/mol. The zero-order chi connectivity index (χ0) is 46.2. The predicted octanol–water partition coefficient (Wildman–Crippen LogP) is -22.1. The maximum atomic E-state index is 6.79. The van der Waals surface area contributed by atoms with Gasteiger partial charge in [-0.25, -0.2) is 0 Å². The second-order valence-corrected chi connectivity index (χ2v) is 16.2. The standard InChI is InChI=1S/B58/c1-31(2)46(32(3)4)53(45(29)30)57(54(47(33(5)6)34(7)8)48(35(9)10)36(11)12)58(55(49(37(13)14)38(15)16)50(39(17)18)40(19)20)56(51(41(21)22)42(23)24)52(43(25)26)44(27)28/q-2. The molecule has 0 aliphatic heterocycles. The summed E-state index contributed by atoms with van der Waals surface area (Å²) in [4.78, 5) is 0. The molecule has 0 heterocycles. The van der Waals surface area contributed by atoms with Gasteiger partial charge in [0.25, 0.3) is 0 Å². The quantitative estimate of drug-likeness (QED) is 0.0796. The average Bonchev–Trinajstić information content (AvgIpc) is 2.99. The molecular formula is B58-2. The number of hydrogen-bond donors (Lipinski definition) is 0. The lowest BCUT2D eigenvalue weighted by Gasteiger charge is -2.61. The lowest BCUT2D eigenvalue weighted by Crippen LogP contribution is -2.96. The van der Waals surface area contributed by atoms with Crippen LogP contribution in [0.3, 0.4) is 0 Å². The molecule has 0 rings (SSSR count). The Morgan fingerprint density at radius 1 is 0.138 bits per heavy atom. The molecule has 58 heteroatoms. The van der Waals surface area contributed by atoms with Crippen molar-refractivity contribution in [1.82, 2.24) is 0 Å². The van der Waals surface area contributed by atoms with E-state index in [9.17, 15) is 0 Å². The first-order valence-electron chi connectivity index (χ1n) is 19.0. The Bertz CT molecular complexity index is 884. The second kappa shape index (κ2) is 28.2. The normalized spacial score (nSPS) is 9.76. The van der Waals surface area contributed by atoms with Gasteiger partial charge in [-0.1, -0.05) is 6.39 Å². The summed E-state index contributed by atoms with van der Waals surface area (Å²) in [6.45, 7) is 0. The van der Waals surface area contributed by atoms with Crippen molar-refractivity contribution in [3.63, 3.8) is 0 Å². The van der Waals surface area contributed by atoms with Gasteiger partial charge in [-0.2, -0.15) is 0 Å². The van der Waals surface area contributed by atoms with E-state index in [1.807, 2.05) is 0 Å². The van der Waals surface area contributed by atoms with Crippen molar-refractivity contribution < 1.29 is 0 Å². The zero-order valence-corrected chi connectivity index (χ0v) is 33.5. The van der Waals surface area contributed by atoms with Crippen molar-refractivity contribution in [1.29, 1.82) is 0 Å². The van der Waals surface area contributed by atoms with Crippen LogP contribution in [0.4, 0.5) is 0 Å². The van der Waals surface area contributed by atoms with Crippen molar-refractivity contribution in [3.8, 4) is 0 Å². The van der Waals surface area contributed by atoms with Crippen molar-refractivity contribution in [2.45, 2.75) is 0 Å². The molecule has 0 saturated carbocycles. The molecule has 0 amide bonds. The topological polar surface area (TPSA) is 0 Å². The maximum absolute atomic E-state index is 6.79. The van der Waals surface area contributed by atoms with Crippen LogP contribution in [0.25, 0.3) is 0 Å². The maximum Gasteiger partial charge on any atom is -0.000000000000000141 e. The number of hydrogen-bond acceptors (Lipinski definition) is 0. The van der Waals surface area contributed by atoms with Gasteiger partial charge in [-0.15, -0.1) is 0 Å². The molecule has 176 valence electrons. The Labute approximate surface area is 407 Å². The SMILES string of the molecule is [B]B([B])B(B([B])[B])B(B(B([B])[B])B([B])[B])B(B(B([B])[B])B(B([B])[B])B([B-])[B-])B(B(B(B([B])[B])B([B])[B])B(B([B])[B])B([B])[B])B(B(B([B])[B])B([B])[B])B(B([B])[B])B([B])[B]. The van der Waals surface area contributed by atoms with Crippen LogP contribution in [-0.2, 0) is 0 Å². The lowest BCUT2D eigenvalue weighted by molar-refractivity contribution is 3.17. The van der Waals surface area contributed by atoms with Crippen molar-refractivity contribution in [2.24, 2.45) is 0 Å². The van der Waals surface area contributed by atoms with Gasteiger partial charge in [0.15, 0.2) is 0 Å². The molecule has 58 heavy (non-hydrogen) atoms. The van der Waals surface area contributed by atoms with Crippen molar-refractivity contribution in [2.75, 3.05) is 0 Å². The Hall–Kier alpha value is 3.77. The summed E-state index contributed by atoms with van der Waals surface area (Å²) in [6, 6.07) is 0. The fourth-order valence-corrected chi connectivity index (χ4v) is 10.0. The summed E-state index contributed by atoms with van der Waals surface area (Å²) in [6.07, 6.45) is -39.3. The van der Waals surface area contributed by atoms with Gasteiger partial charge in [0.05, 0.1) is 0 Å². The molecule has 0 spiro atoms. The molecule has 0 aromatic rings. The molecule has 0 N–H and O–H groups in total. The third-order valence-electron chi connectivity index (χ3n) is 12.0. The van der Waals surface area contributed by atoms with Gasteiger partial charge in [-0.05, 0) is 383 Å². The van der Waals surface area contributed by atoms with E-state index < -0.39 is 179 Å². The largest absolute Gasteiger partial charge is 0.729 e. The Morgan fingerprint density at radius 2 is 0.241 bits per heavy atom. The van der Waals surface area contributed by atoms with Gasteiger partial charge >= 0.3 is 0 Å². The summed E-state index contributed by atoms with van der Waals surface area (Å²) >= 11 is 0. The summed E-state index contributed by atoms with van der Waals surface area (Å²) in [5.41, 5.74) is 0. The van der Waals surface area contributed by atoms with Gasteiger partial charge in [0.2, 0.25) is 0 Å². The fourth-order valence-electron chi connectivity index (χ4n) is 10.0. The second-order valence-electron chi connectivity index (χ2n) is 16.2. The molecular weight excluding hydrogens is 627 g/mol. The van der Waals surface area contributed by atoms with Crippen molar-refractivity contribution >= 4 is 411 Å². The molecule has 0 aromatic carbocycles. The summed E-state index contributed by atoms with van der Waals surface area (Å²) in [5.74, 6) is 0. The van der Waals surface area contributed by atoms with Gasteiger partial charge in [-0.3, -0.25) is 0 Å². The average molecular weight is 627 g/mol. The first kappa shape index (κ1) is 61.8. The summed E-state index contributed by atoms with van der Waals surface area (Å²) < 4.78 is 0. The van der Waals surface area contributed by atoms with Crippen LogP contribution in [0.15, 0.2) is 0 Å². The van der Waals surface area contributed by atoms with E-state index in [4.69, 9.17) is 232 Å². The van der Waals surface area contributed by atoms with Crippen LogP contribution in [0.1, 0.15) is 0 Å². The van der Waals surface area contributed by atoms with Crippen LogP contribution in [0.5, 0.6) is 0 Å². The first-order valence-corrected chi connectivity index (χ1v) is 19.0. The van der Waals surface area contributed by atoms with E-state index >= 15 is 0 Å². The van der Waals surface area contributed by atoms with E-state index in [-0.39, 0.29) is 0 Å². The Kier molecular flexibility index (Phi) is 30.0. The van der Waals surface area contributed by atoms with E-state index in [0.29, 0.717) is 0 Å². The third-order valence-corrected chi connectivity index (χ3v) is 12.0. The Balaban J connectivity index is 10.4. The van der Waals surface area contributed by atoms with Crippen LogP contribution < -0.4 is 0 Å². The van der Waals surface area contributed by atoms with Crippen LogP contribution in [0.2, 0.25) is 0 Å². The van der Waals surface area contributed by atoms with E-state index in [2.05, 4.69) is 0 Å². The third kappa shape index (κ3) is 16.5. The highest BCUT2D eigenvalue weighted by atomic mass is 13.4. The molecule has 0 unspecified atom stereocenters. The van der Waals surface area contributed by atoms with Crippen LogP contribution in [-0.4, -0.2) is 411 Å². The fraction of sp³-hybridized carbons (Fsp3) is 0. The molecule has 0 aromatic heterocycles. The van der Waals surface area contributed by atoms with E-state index in [1.54, 1.807) is 0 Å². The summed E-state index contributed by atoms with van der Waals surface area (Å²) in [5, 5.41) is 0. The van der Waals surface area contributed by atoms with E-state index in [1.165, 1.54) is 0 Å². The minimum absolute atomic E-state index is 1.29. The molecule has 0 aliphatic rings. The molecule has 62 radical (unpaired) electrons. The van der Waals surface area contributed by atoms with Crippen molar-refractivity contribution in [3.05, 3.63) is 0 Å². The molecule has 0 bridgehead atoms. The molecule has 0 atom stereocenters. The van der Waals surface area contributed by atoms with Gasteiger partial charge in [0, 0.05) is 0 Å².